The predicted octanol–water partition coefficient (Wildman–Crippen LogP) is 7.59. The van der Waals surface area contributed by atoms with E-state index < -0.39 is 11.6 Å². The number of aliphatic imine (C=N–C) groups is 1. The number of aliphatic hydroxyl groups excluding tert-OH is 1. The minimum absolute atomic E-state index is 0.0744. The highest BCUT2D eigenvalue weighted by molar-refractivity contribution is 9.11. The highest BCUT2D eigenvalue weighted by atomic mass is 79.9. The number of carbonyl (C=O) groups excluding carboxylic acids is 1. The van der Waals surface area contributed by atoms with Gasteiger partial charge in [0.05, 0.1) is 6.61 Å². The van der Waals surface area contributed by atoms with E-state index in [0.717, 1.165) is 35.7 Å². The zero-order valence-corrected chi connectivity index (χ0v) is 28.1. The maximum Gasteiger partial charge on any atom is 0.252 e. The topological polar surface area (TPSA) is 80.2 Å². The number of carbonyl (C=O) groups is 1. The van der Waals surface area contributed by atoms with Gasteiger partial charge in [0, 0.05) is 45.0 Å². The van der Waals surface area contributed by atoms with Gasteiger partial charge in [-0.15, -0.1) is 0 Å². The quantitative estimate of drug-likeness (QED) is 0.146. The molecule has 1 aliphatic rings. The minimum atomic E-state index is -1.27. The molecule has 2 atom stereocenters. The van der Waals surface area contributed by atoms with Crippen LogP contribution in [0.25, 0.3) is 0 Å². The Morgan fingerprint density at radius 1 is 0.907 bits per heavy atom. The number of halogens is 3. The molecule has 0 aromatic heterocycles. The molecule has 0 fully saturated rings. The van der Waals surface area contributed by atoms with E-state index >= 15 is 0 Å². The summed E-state index contributed by atoms with van der Waals surface area (Å²) in [5.41, 5.74) is 2.40. The number of amides is 1. The molecule has 1 aliphatic heterocycles. The summed E-state index contributed by atoms with van der Waals surface area (Å²) in [6.45, 7) is 0.954. The van der Waals surface area contributed by atoms with Crippen LogP contribution in [0.5, 0.6) is 5.75 Å². The van der Waals surface area contributed by atoms with Gasteiger partial charge in [-0.2, -0.15) is 0 Å². The van der Waals surface area contributed by atoms with E-state index in [-0.39, 0.29) is 12.5 Å². The van der Waals surface area contributed by atoms with Gasteiger partial charge < -0.3 is 19.9 Å². The van der Waals surface area contributed by atoms with E-state index in [1.165, 1.54) is 0 Å². The largest absolute Gasteiger partial charge is 0.494 e. The second kappa shape index (κ2) is 14.7. The number of hydrogen-bond donors (Lipinski definition) is 2. The summed E-state index contributed by atoms with van der Waals surface area (Å²) >= 11 is 10.7. The molecule has 0 radical (unpaired) electrons. The summed E-state index contributed by atoms with van der Waals surface area (Å²) in [6.07, 6.45) is 0.893. The fourth-order valence-electron chi connectivity index (χ4n) is 4.98. The van der Waals surface area contributed by atoms with Gasteiger partial charge in [-0.1, -0.05) is 90.3 Å². The summed E-state index contributed by atoms with van der Waals surface area (Å²) in [7, 11) is 0. The third kappa shape index (κ3) is 7.76. The van der Waals surface area contributed by atoms with Crippen molar-refractivity contribution in [2.24, 2.45) is 4.99 Å². The van der Waals surface area contributed by atoms with E-state index in [1.54, 1.807) is 0 Å². The van der Waals surface area contributed by atoms with Gasteiger partial charge in [0.1, 0.15) is 5.75 Å². The molecule has 5 rings (SSSR count). The van der Waals surface area contributed by atoms with Crippen LogP contribution < -0.4 is 10.1 Å². The SMILES string of the molecule is O=C(NCCc1ccc(Br)cc1)[C@]1(Cc2ccccc2Br)N=C(c2ccc(OCCCO)cc2)O[C@@H]1c1ccc(Br)cc1. The second-order valence-corrected chi connectivity index (χ2v) is 12.9. The second-order valence-electron chi connectivity index (χ2n) is 10.2. The van der Waals surface area contributed by atoms with Crippen LogP contribution >= 0.6 is 47.8 Å². The zero-order valence-electron chi connectivity index (χ0n) is 23.3. The fraction of sp³-hybridized carbons (Fsp3) is 0.235. The highest BCUT2D eigenvalue weighted by Crippen LogP contribution is 2.43. The van der Waals surface area contributed by atoms with Crippen LogP contribution in [0, 0.1) is 0 Å². The molecule has 1 amide bonds. The number of hydrogen-bond acceptors (Lipinski definition) is 5. The zero-order chi connectivity index (χ0) is 30.2. The Bertz CT molecular complexity index is 1560. The summed E-state index contributed by atoms with van der Waals surface area (Å²) in [5.74, 6) is 0.877. The van der Waals surface area contributed by atoms with Crippen molar-refractivity contribution in [1.29, 1.82) is 0 Å². The van der Waals surface area contributed by atoms with Crippen molar-refractivity contribution in [2.45, 2.75) is 30.9 Å². The Hall–Kier alpha value is -2.98. The Labute approximate surface area is 276 Å². The average molecular weight is 771 g/mol. The number of nitrogens with one attached hydrogen (secondary N) is 1. The van der Waals surface area contributed by atoms with Gasteiger partial charge in [0.15, 0.2) is 11.6 Å². The van der Waals surface area contributed by atoms with Gasteiger partial charge in [-0.3, -0.25) is 4.79 Å². The third-order valence-electron chi connectivity index (χ3n) is 7.23. The molecule has 1 heterocycles. The fourth-order valence-corrected chi connectivity index (χ4v) is 5.93. The van der Waals surface area contributed by atoms with Crippen LogP contribution in [-0.2, 0) is 22.4 Å². The van der Waals surface area contributed by atoms with E-state index in [0.29, 0.717) is 44.1 Å². The number of ether oxygens (including phenoxy) is 2. The average Bonchev–Trinajstić information content (AvgIpc) is 3.40. The van der Waals surface area contributed by atoms with Crippen LogP contribution in [-0.4, -0.2) is 42.2 Å². The summed E-state index contributed by atoms with van der Waals surface area (Å²) < 4.78 is 15.2. The highest BCUT2D eigenvalue weighted by Gasteiger charge is 2.53. The van der Waals surface area contributed by atoms with E-state index in [4.69, 9.17) is 19.6 Å². The molecule has 0 unspecified atom stereocenters. The molecule has 6 nitrogen and oxygen atoms in total. The first-order valence-electron chi connectivity index (χ1n) is 14.0. The standard InChI is InChI=1S/C34H31Br3N2O4/c35-27-12-6-23(7-13-27)18-19-38-33(41)34(22-26-4-1-2-5-30(26)37)31(24-8-14-28(36)15-9-24)43-32(39-34)25-10-16-29(17-11-25)42-21-3-20-40/h1-2,4-17,31,40H,3,18-22H2,(H,38,41)/t31-,34-/m1/s1. The van der Waals surface area contributed by atoms with Gasteiger partial charge >= 0.3 is 0 Å². The van der Waals surface area contributed by atoms with Crippen molar-refractivity contribution in [3.63, 3.8) is 0 Å². The molecule has 0 bridgehead atoms. The molecular formula is C34H31Br3N2O4. The first-order chi connectivity index (χ1) is 20.9. The molecule has 0 aliphatic carbocycles. The summed E-state index contributed by atoms with van der Waals surface area (Å²) in [5, 5.41) is 12.2. The molecule has 2 N–H and O–H groups in total. The Morgan fingerprint density at radius 3 is 2.26 bits per heavy atom. The molecular weight excluding hydrogens is 740 g/mol. The predicted molar refractivity (Wildman–Crippen MR) is 180 cm³/mol. The van der Waals surface area contributed by atoms with Gasteiger partial charge in [-0.25, -0.2) is 4.99 Å². The molecule has 0 spiro atoms. The Balaban J connectivity index is 1.51. The summed E-state index contributed by atoms with van der Waals surface area (Å²) in [6, 6.07) is 31.3. The van der Waals surface area contributed by atoms with E-state index in [1.807, 2.05) is 97.1 Å². The normalized spacial score (nSPS) is 17.7. The third-order valence-corrected chi connectivity index (χ3v) is 9.06. The van der Waals surface area contributed by atoms with Crippen molar-refractivity contribution in [3.05, 3.63) is 133 Å². The molecule has 9 heteroatoms. The van der Waals surface area contributed by atoms with Crippen LogP contribution in [0.3, 0.4) is 0 Å². The number of benzene rings is 4. The van der Waals surface area contributed by atoms with Crippen molar-refractivity contribution in [3.8, 4) is 5.75 Å². The molecule has 0 saturated heterocycles. The van der Waals surface area contributed by atoms with Crippen LogP contribution in [0.2, 0.25) is 0 Å². The van der Waals surface area contributed by atoms with Crippen LogP contribution in [0.15, 0.2) is 115 Å². The number of nitrogens with zero attached hydrogens (tertiary/aromatic N) is 1. The van der Waals surface area contributed by atoms with E-state index in [2.05, 4.69) is 53.1 Å². The monoisotopic (exact) mass is 768 g/mol. The van der Waals surface area contributed by atoms with Crippen LogP contribution in [0.1, 0.15) is 34.8 Å². The van der Waals surface area contributed by atoms with Gasteiger partial charge in [0.25, 0.3) is 5.91 Å². The van der Waals surface area contributed by atoms with E-state index in [9.17, 15) is 4.79 Å². The molecule has 4 aromatic carbocycles. The summed E-state index contributed by atoms with van der Waals surface area (Å²) in [4.78, 5) is 19.5. The lowest BCUT2D eigenvalue weighted by Gasteiger charge is -2.31. The van der Waals surface area contributed by atoms with Crippen molar-refractivity contribution >= 4 is 59.6 Å². The van der Waals surface area contributed by atoms with Gasteiger partial charge in [-0.05, 0) is 77.7 Å². The molecule has 222 valence electrons. The first kappa shape index (κ1) is 31.4. The molecule has 4 aromatic rings. The molecule has 0 saturated carbocycles. The van der Waals surface area contributed by atoms with Crippen LogP contribution in [0.4, 0.5) is 0 Å². The van der Waals surface area contributed by atoms with Crippen molar-refractivity contribution < 1.29 is 19.4 Å². The lowest BCUT2D eigenvalue weighted by Crippen LogP contribution is -2.50. The maximum absolute atomic E-state index is 14.4. The number of aliphatic hydroxyl groups is 1. The lowest BCUT2D eigenvalue weighted by atomic mass is 9.82. The first-order valence-corrected chi connectivity index (χ1v) is 16.4. The van der Waals surface area contributed by atoms with Crippen molar-refractivity contribution in [2.75, 3.05) is 19.8 Å². The Kier molecular flexibility index (Phi) is 10.7. The minimum Gasteiger partial charge on any atom is -0.494 e. The smallest absolute Gasteiger partial charge is 0.252 e. The lowest BCUT2D eigenvalue weighted by molar-refractivity contribution is -0.128. The maximum atomic E-state index is 14.4. The van der Waals surface area contributed by atoms with Crippen molar-refractivity contribution in [1.82, 2.24) is 5.32 Å². The van der Waals surface area contributed by atoms with Gasteiger partial charge in [0.2, 0.25) is 5.90 Å². The Morgan fingerprint density at radius 2 is 1.58 bits per heavy atom. The number of rotatable bonds is 12. The molecule has 43 heavy (non-hydrogen) atoms.